The quantitative estimate of drug-likeness (QED) is 0.450. The van der Waals surface area contributed by atoms with Crippen molar-refractivity contribution >= 4 is 46.1 Å². The summed E-state index contributed by atoms with van der Waals surface area (Å²) in [7, 11) is 0. The van der Waals surface area contributed by atoms with E-state index >= 15 is 0 Å². The highest BCUT2D eigenvalue weighted by Crippen LogP contribution is 2.34. The van der Waals surface area contributed by atoms with E-state index in [9.17, 15) is 4.79 Å². The van der Waals surface area contributed by atoms with E-state index in [0.717, 1.165) is 67.1 Å². The van der Waals surface area contributed by atoms with Crippen molar-refractivity contribution in [1.29, 1.82) is 0 Å². The van der Waals surface area contributed by atoms with Crippen molar-refractivity contribution in [2.45, 2.75) is 71.0 Å². The number of nitrogens with zero attached hydrogens (tertiary/aromatic N) is 6. The van der Waals surface area contributed by atoms with Crippen LogP contribution in [0.2, 0.25) is 10.0 Å². The van der Waals surface area contributed by atoms with Crippen LogP contribution in [0.15, 0.2) is 24.4 Å². The van der Waals surface area contributed by atoms with Crippen LogP contribution in [-0.2, 0) is 4.79 Å². The van der Waals surface area contributed by atoms with Crippen LogP contribution in [0.25, 0.3) is 11.2 Å². The molecular formula is C27H35Cl2N7O. The van der Waals surface area contributed by atoms with E-state index in [2.05, 4.69) is 23.6 Å². The zero-order valence-corrected chi connectivity index (χ0v) is 23.2. The largest absolute Gasteiger partial charge is 0.370 e. The highest BCUT2D eigenvalue weighted by molar-refractivity contribution is 6.35. The van der Waals surface area contributed by atoms with Crippen molar-refractivity contribution in [3.63, 3.8) is 0 Å². The number of carbonyl (C=O) groups excluding carboxylic acids is 1. The molecule has 1 amide bonds. The Bertz CT molecular complexity index is 1300. The number of aromatic nitrogens is 4. The third kappa shape index (κ3) is 5.29. The van der Waals surface area contributed by atoms with Gasteiger partial charge in [-0.05, 0) is 69.7 Å². The molecule has 2 aromatic heterocycles. The van der Waals surface area contributed by atoms with Crippen molar-refractivity contribution < 1.29 is 4.79 Å². The van der Waals surface area contributed by atoms with Crippen molar-refractivity contribution in [3.8, 4) is 0 Å². The molecule has 0 saturated carbocycles. The van der Waals surface area contributed by atoms with Gasteiger partial charge in [0, 0.05) is 41.6 Å². The van der Waals surface area contributed by atoms with Crippen molar-refractivity contribution in [3.05, 3.63) is 45.7 Å². The third-order valence-corrected chi connectivity index (χ3v) is 8.66. The monoisotopic (exact) mass is 543 g/mol. The smallest absolute Gasteiger partial charge is 0.217 e. The summed E-state index contributed by atoms with van der Waals surface area (Å²) in [6.45, 7) is 9.28. The second-order valence-electron chi connectivity index (χ2n) is 10.6. The molecule has 2 aliphatic heterocycles. The first-order valence-corrected chi connectivity index (χ1v) is 13.9. The fourth-order valence-corrected chi connectivity index (χ4v) is 6.75. The molecule has 4 heterocycles. The SMILES string of the molecule is Cc1nn([C@H](C)c2ccc(Cl)cc2Cl)c2nc(N3CCC(N4CCC[C@H]4CCC(N)=O)[C@H](C)C3)cnc12. The van der Waals surface area contributed by atoms with Gasteiger partial charge in [-0.25, -0.2) is 14.6 Å². The number of benzene rings is 1. The summed E-state index contributed by atoms with van der Waals surface area (Å²) in [6, 6.07) is 6.39. The fourth-order valence-electron chi connectivity index (χ4n) is 6.18. The molecule has 1 aromatic carbocycles. The zero-order valence-electron chi connectivity index (χ0n) is 21.7. The van der Waals surface area contributed by atoms with E-state index in [1.165, 1.54) is 6.42 Å². The Morgan fingerprint density at radius 1 is 1.24 bits per heavy atom. The van der Waals surface area contributed by atoms with Crippen LogP contribution >= 0.6 is 23.2 Å². The number of halogens is 2. The van der Waals surface area contributed by atoms with Crippen molar-refractivity contribution in [2.24, 2.45) is 11.7 Å². The maximum atomic E-state index is 11.3. The van der Waals surface area contributed by atoms with Gasteiger partial charge < -0.3 is 10.6 Å². The van der Waals surface area contributed by atoms with Crippen LogP contribution in [0.4, 0.5) is 5.82 Å². The van der Waals surface area contributed by atoms with Gasteiger partial charge in [0.1, 0.15) is 11.3 Å². The number of carbonyl (C=O) groups is 1. The Kier molecular flexibility index (Phi) is 7.61. The molecule has 3 aromatic rings. The van der Waals surface area contributed by atoms with Gasteiger partial charge in [0.05, 0.1) is 17.9 Å². The maximum absolute atomic E-state index is 11.3. The van der Waals surface area contributed by atoms with Gasteiger partial charge in [-0.3, -0.25) is 9.69 Å². The molecule has 5 rings (SSSR count). The predicted octanol–water partition coefficient (Wildman–Crippen LogP) is 5.00. The molecule has 2 aliphatic rings. The molecule has 0 bridgehead atoms. The molecule has 198 valence electrons. The Morgan fingerprint density at radius 3 is 2.78 bits per heavy atom. The summed E-state index contributed by atoms with van der Waals surface area (Å²) in [5, 5.41) is 5.99. The molecular weight excluding hydrogens is 509 g/mol. The van der Waals surface area contributed by atoms with Crippen LogP contribution in [0.5, 0.6) is 0 Å². The van der Waals surface area contributed by atoms with Gasteiger partial charge >= 0.3 is 0 Å². The van der Waals surface area contributed by atoms with E-state index in [4.69, 9.17) is 44.0 Å². The van der Waals surface area contributed by atoms with Gasteiger partial charge in [0.2, 0.25) is 5.91 Å². The highest BCUT2D eigenvalue weighted by Gasteiger charge is 2.37. The van der Waals surface area contributed by atoms with Crippen molar-refractivity contribution in [2.75, 3.05) is 24.5 Å². The summed E-state index contributed by atoms with van der Waals surface area (Å²) in [5.74, 6) is 1.14. The highest BCUT2D eigenvalue weighted by atomic mass is 35.5. The van der Waals surface area contributed by atoms with Crippen LogP contribution in [0.3, 0.4) is 0 Å². The maximum Gasteiger partial charge on any atom is 0.217 e. The Labute approximate surface area is 228 Å². The standard InChI is InChI=1S/C27H35Cl2N7O/c1-16-15-34(12-10-23(16)35-11-4-5-20(35)7-9-24(30)37)25-14-31-26-17(2)33-36(27(26)32-25)18(3)21-8-6-19(28)13-22(21)29/h6,8,13-14,16,18,20,23H,4-5,7,9-12,15H2,1-3H3,(H2,30,37)/t16-,18-,20+,23?/m1/s1. The summed E-state index contributed by atoms with van der Waals surface area (Å²) >= 11 is 12.6. The molecule has 0 aliphatic carbocycles. The number of likely N-dealkylation sites (tertiary alicyclic amines) is 1. The summed E-state index contributed by atoms with van der Waals surface area (Å²) in [4.78, 5) is 26.1. The Hall–Kier alpha value is -2.42. The van der Waals surface area contributed by atoms with Crippen LogP contribution in [-0.4, -0.2) is 62.3 Å². The fraction of sp³-hybridized carbons (Fsp3) is 0.556. The Balaban J connectivity index is 1.36. The summed E-state index contributed by atoms with van der Waals surface area (Å²) in [6.07, 6.45) is 6.61. The molecule has 0 radical (unpaired) electrons. The first kappa shape index (κ1) is 26.2. The minimum absolute atomic E-state index is 0.123. The lowest BCUT2D eigenvalue weighted by Crippen LogP contribution is -2.52. The second-order valence-corrected chi connectivity index (χ2v) is 11.4. The lowest BCUT2D eigenvalue weighted by atomic mass is 9.91. The summed E-state index contributed by atoms with van der Waals surface area (Å²) < 4.78 is 1.92. The molecule has 2 fully saturated rings. The number of primary amides is 1. The topological polar surface area (TPSA) is 93.2 Å². The predicted molar refractivity (Wildman–Crippen MR) is 148 cm³/mol. The first-order valence-electron chi connectivity index (χ1n) is 13.2. The van der Waals surface area contributed by atoms with Crippen molar-refractivity contribution in [1.82, 2.24) is 24.6 Å². The average Bonchev–Trinajstić information content (AvgIpc) is 3.46. The number of amides is 1. The normalized spacial score (nSPS) is 23.6. The van der Waals surface area contributed by atoms with Gasteiger partial charge in [-0.2, -0.15) is 5.10 Å². The number of hydrogen-bond acceptors (Lipinski definition) is 6. The second kappa shape index (κ2) is 10.8. The van der Waals surface area contributed by atoms with E-state index in [1.807, 2.05) is 29.9 Å². The molecule has 0 spiro atoms. The molecule has 37 heavy (non-hydrogen) atoms. The number of anilines is 1. The first-order chi connectivity index (χ1) is 17.7. The number of hydrogen-bond donors (Lipinski definition) is 1. The number of piperidine rings is 1. The minimum atomic E-state index is -0.203. The Morgan fingerprint density at radius 2 is 2.05 bits per heavy atom. The minimum Gasteiger partial charge on any atom is -0.370 e. The van der Waals surface area contributed by atoms with E-state index in [0.29, 0.717) is 34.5 Å². The van der Waals surface area contributed by atoms with Gasteiger partial charge in [-0.1, -0.05) is 36.2 Å². The number of rotatable bonds is 7. The lowest BCUT2D eigenvalue weighted by molar-refractivity contribution is -0.118. The number of nitrogens with two attached hydrogens (primary N) is 1. The molecule has 2 saturated heterocycles. The summed E-state index contributed by atoms with van der Waals surface area (Å²) in [5.41, 5.74) is 8.77. The van der Waals surface area contributed by atoms with Gasteiger partial charge in [0.15, 0.2) is 5.65 Å². The van der Waals surface area contributed by atoms with Crippen LogP contribution in [0, 0.1) is 12.8 Å². The van der Waals surface area contributed by atoms with E-state index in [-0.39, 0.29) is 11.9 Å². The zero-order chi connectivity index (χ0) is 26.3. The third-order valence-electron chi connectivity index (χ3n) is 8.09. The average molecular weight is 545 g/mol. The van der Waals surface area contributed by atoms with E-state index in [1.54, 1.807) is 6.07 Å². The van der Waals surface area contributed by atoms with Gasteiger partial charge in [0.25, 0.3) is 0 Å². The molecule has 8 nitrogen and oxygen atoms in total. The number of aryl methyl sites for hydroxylation is 1. The molecule has 2 N–H and O–H groups in total. The van der Waals surface area contributed by atoms with Gasteiger partial charge in [-0.15, -0.1) is 0 Å². The number of fused-ring (bicyclic) bond motifs is 1. The molecule has 1 unspecified atom stereocenters. The van der Waals surface area contributed by atoms with E-state index < -0.39 is 0 Å². The molecule has 10 heteroatoms. The molecule has 4 atom stereocenters. The van der Waals surface area contributed by atoms with Crippen LogP contribution in [0.1, 0.15) is 63.3 Å². The van der Waals surface area contributed by atoms with Crippen LogP contribution < -0.4 is 10.6 Å². The lowest BCUT2D eigenvalue weighted by Gasteiger charge is -2.43.